The summed E-state index contributed by atoms with van der Waals surface area (Å²) in [6.45, 7) is 2.74. The van der Waals surface area contributed by atoms with Crippen LogP contribution in [0.5, 0.6) is 0 Å². The molecule has 0 radical (unpaired) electrons. The molecule has 0 saturated carbocycles. The van der Waals surface area contributed by atoms with Crippen LogP contribution in [-0.2, 0) is 52.7 Å². The molecule has 0 bridgehead atoms. The molecule has 24 heteroatoms. The van der Waals surface area contributed by atoms with Gasteiger partial charge in [-0.3, -0.25) is 47.9 Å². The van der Waals surface area contributed by atoms with Crippen LogP contribution in [0.2, 0.25) is 0 Å². The first kappa shape index (κ1) is 48.1. The van der Waals surface area contributed by atoms with Gasteiger partial charge in [0.25, 0.3) is 0 Å². The Hall–Kier alpha value is -5.91. The highest BCUT2D eigenvalue weighted by Gasteiger charge is 2.36. The summed E-state index contributed by atoms with van der Waals surface area (Å²) in [4.78, 5) is 135. The summed E-state index contributed by atoms with van der Waals surface area (Å²) in [5, 5.41) is 59.1. The van der Waals surface area contributed by atoms with Crippen molar-refractivity contribution in [3.8, 4) is 0 Å². The molecular formula is C30H48N8O16. The topological polar surface area (TPSA) is 413 Å². The van der Waals surface area contributed by atoms with Crippen LogP contribution in [0.3, 0.4) is 0 Å². The summed E-state index contributed by atoms with van der Waals surface area (Å²) >= 11 is 0. The van der Waals surface area contributed by atoms with E-state index >= 15 is 0 Å². The summed E-state index contributed by atoms with van der Waals surface area (Å²) in [6, 6.07) is -11.0. The van der Waals surface area contributed by atoms with Gasteiger partial charge in [-0.1, -0.05) is 20.3 Å². The van der Waals surface area contributed by atoms with E-state index in [0.29, 0.717) is 12.8 Å². The zero-order chi connectivity index (χ0) is 41.7. The second-order valence-electron chi connectivity index (χ2n) is 12.0. The fourth-order valence-electron chi connectivity index (χ4n) is 4.58. The van der Waals surface area contributed by atoms with Crippen LogP contribution in [0.4, 0.5) is 0 Å². The summed E-state index contributed by atoms with van der Waals surface area (Å²) in [5.74, 6) is -16.2. The number of unbranched alkanes of at least 4 members (excludes halogenated alkanes) is 1. The number of nitrogens with two attached hydrogens (primary N) is 2. The number of nitrogens with one attached hydrogen (secondary N) is 6. The third-order valence-corrected chi connectivity index (χ3v) is 7.61. The smallest absolute Gasteiger partial charge is 0.326 e. The Morgan fingerprint density at radius 2 is 0.833 bits per heavy atom. The molecule has 24 nitrogen and oxygen atoms in total. The van der Waals surface area contributed by atoms with Crippen molar-refractivity contribution in [3.05, 3.63) is 0 Å². The van der Waals surface area contributed by atoms with E-state index in [1.165, 1.54) is 0 Å². The molecule has 6 amide bonds. The maximum atomic E-state index is 13.3. The van der Waals surface area contributed by atoms with Crippen molar-refractivity contribution in [2.45, 2.75) is 101 Å². The van der Waals surface area contributed by atoms with Crippen molar-refractivity contribution in [1.29, 1.82) is 0 Å². The largest absolute Gasteiger partial charge is 0.481 e. The van der Waals surface area contributed by atoms with Gasteiger partial charge in [-0.2, -0.15) is 0 Å². The summed E-state index contributed by atoms with van der Waals surface area (Å²) in [5.41, 5.74) is 10.7. The van der Waals surface area contributed by atoms with Gasteiger partial charge in [-0.25, -0.2) is 4.79 Å². The number of carboxylic acid groups (broad SMARTS) is 5. The molecule has 0 aliphatic heterocycles. The van der Waals surface area contributed by atoms with Gasteiger partial charge >= 0.3 is 29.8 Å². The zero-order valence-electron chi connectivity index (χ0n) is 29.5. The van der Waals surface area contributed by atoms with Crippen molar-refractivity contribution >= 4 is 65.3 Å². The van der Waals surface area contributed by atoms with E-state index in [1.807, 2.05) is 21.3 Å². The normalized spacial score (nSPS) is 14.6. The molecule has 0 saturated heterocycles. The second kappa shape index (κ2) is 24.4. The van der Waals surface area contributed by atoms with Gasteiger partial charge in [-0.15, -0.1) is 0 Å². The van der Waals surface area contributed by atoms with Gasteiger partial charge in [0, 0.05) is 0 Å². The van der Waals surface area contributed by atoms with Crippen molar-refractivity contribution in [1.82, 2.24) is 31.9 Å². The Morgan fingerprint density at radius 3 is 1.13 bits per heavy atom. The van der Waals surface area contributed by atoms with E-state index in [2.05, 4.69) is 10.6 Å². The second-order valence-corrected chi connectivity index (χ2v) is 12.0. The Labute approximate surface area is 307 Å². The van der Waals surface area contributed by atoms with Crippen molar-refractivity contribution in [2.75, 3.05) is 13.1 Å². The van der Waals surface area contributed by atoms with Crippen LogP contribution < -0.4 is 43.4 Å². The molecule has 0 rings (SSSR count). The lowest BCUT2D eigenvalue weighted by atomic mass is 9.98. The maximum Gasteiger partial charge on any atom is 0.326 e. The molecule has 0 fully saturated rings. The van der Waals surface area contributed by atoms with E-state index in [9.17, 15) is 73.2 Å². The predicted molar refractivity (Wildman–Crippen MR) is 180 cm³/mol. The fourth-order valence-corrected chi connectivity index (χ4v) is 4.58. The first-order chi connectivity index (χ1) is 25.2. The van der Waals surface area contributed by atoms with E-state index in [0.717, 1.165) is 0 Å². The first-order valence-electron chi connectivity index (χ1n) is 16.5. The lowest BCUT2D eigenvalue weighted by Gasteiger charge is -2.27. The highest BCUT2D eigenvalue weighted by Crippen LogP contribution is 2.10. The number of hydrogen-bond acceptors (Lipinski definition) is 13. The molecule has 0 spiro atoms. The number of amides is 6. The molecule has 15 N–H and O–H groups in total. The molecule has 0 aliphatic rings. The standard InChI is InChI=1S/C30H48N8O16/c1-3-13(2)24(30(53)54)38-25(48)14(6-4-5-7-31)34-27(50)16(9-21(42)43)36-29(52)18(11-23(46)47)37-28(51)17(10-22(44)45)35-26(49)15(8-20(40)41)33-19(39)12-32/h13-18,24H,3-12,31-32H2,1-2H3,(H,33,39)(H,34,50)(H,35,49)(H,36,52)(H,37,51)(H,38,48)(H,40,41)(H,42,43)(H,44,45)(H,46,47)(H,53,54)/t13-,14-,15-,16-,17-,18-,24-/m0/s1. The van der Waals surface area contributed by atoms with Crippen molar-refractivity contribution < 1.29 is 78.3 Å². The number of hydrogen-bond donors (Lipinski definition) is 13. The molecule has 0 aromatic heterocycles. The Bertz CT molecular complexity index is 1410. The molecular weight excluding hydrogens is 728 g/mol. The lowest BCUT2D eigenvalue weighted by molar-refractivity contribution is -0.145. The fraction of sp³-hybridized carbons (Fsp3) is 0.633. The summed E-state index contributed by atoms with van der Waals surface area (Å²) in [6.07, 6.45) is -3.78. The maximum absolute atomic E-state index is 13.3. The number of aliphatic carboxylic acids is 5. The van der Waals surface area contributed by atoms with E-state index < -0.39 is 140 Å². The van der Waals surface area contributed by atoms with Gasteiger partial charge in [0.05, 0.1) is 32.2 Å². The Morgan fingerprint density at radius 1 is 0.500 bits per heavy atom. The Balaban J connectivity index is 6.37. The lowest BCUT2D eigenvalue weighted by Crippen LogP contribution is -2.60. The molecule has 0 aromatic carbocycles. The quantitative estimate of drug-likeness (QED) is 0.0347. The molecule has 54 heavy (non-hydrogen) atoms. The minimum absolute atomic E-state index is 0.104. The summed E-state index contributed by atoms with van der Waals surface area (Å²) < 4.78 is 0. The van der Waals surface area contributed by atoms with Gasteiger partial charge in [0.15, 0.2) is 0 Å². The highest BCUT2D eigenvalue weighted by molar-refractivity contribution is 5.99. The van der Waals surface area contributed by atoms with Gasteiger partial charge in [0.2, 0.25) is 35.4 Å². The van der Waals surface area contributed by atoms with Gasteiger partial charge in [0.1, 0.15) is 36.3 Å². The van der Waals surface area contributed by atoms with Crippen LogP contribution in [-0.4, -0.2) is 140 Å². The van der Waals surface area contributed by atoms with Crippen molar-refractivity contribution in [2.24, 2.45) is 17.4 Å². The SMILES string of the molecule is CC[C@H](C)[C@H](NC(=O)[C@H](CCCCN)NC(=O)[C@H](CC(=O)O)NC(=O)[C@H](CC(=O)O)NC(=O)[C@H](CC(=O)O)NC(=O)[C@H](CC(=O)O)NC(=O)CN)C(=O)O. The minimum Gasteiger partial charge on any atom is -0.481 e. The molecule has 7 atom stereocenters. The molecule has 0 unspecified atom stereocenters. The van der Waals surface area contributed by atoms with Crippen LogP contribution in [0.25, 0.3) is 0 Å². The first-order valence-corrected chi connectivity index (χ1v) is 16.5. The zero-order valence-corrected chi connectivity index (χ0v) is 29.5. The average molecular weight is 777 g/mol. The number of rotatable bonds is 27. The number of carbonyl (C=O) groups is 11. The predicted octanol–water partition coefficient (Wildman–Crippen LogP) is -4.99. The average Bonchev–Trinajstić information content (AvgIpc) is 3.07. The summed E-state index contributed by atoms with van der Waals surface area (Å²) in [7, 11) is 0. The minimum atomic E-state index is -2.16. The molecule has 0 heterocycles. The monoisotopic (exact) mass is 776 g/mol. The molecule has 0 aliphatic carbocycles. The van der Waals surface area contributed by atoms with Gasteiger partial charge in [-0.05, 0) is 31.7 Å². The van der Waals surface area contributed by atoms with E-state index in [1.54, 1.807) is 13.8 Å². The van der Waals surface area contributed by atoms with Crippen molar-refractivity contribution in [3.63, 3.8) is 0 Å². The van der Waals surface area contributed by atoms with E-state index in [4.69, 9.17) is 16.6 Å². The van der Waals surface area contributed by atoms with Crippen LogP contribution in [0, 0.1) is 5.92 Å². The van der Waals surface area contributed by atoms with Crippen LogP contribution >= 0.6 is 0 Å². The van der Waals surface area contributed by atoms with E-state index in [-0.39, 0.29) is 19.4 Å². The van der Waals surface area contributed by atoms with Crippen LogP contribution in [0.1, 0.15) is 65.2 Å². The van der Waals surface area contributed by atoms with Crippen LogP contribution in [0.15, 0.2) is 0 Å². The third kappa shape index (κ3) is 18.5. The Kier molecular flexibility index (Phi) is 21.7. The third-order valence-electron chi connectivity index (χ3n) is 7.61. The number of carboxylic acids is 5. The van der Waals surface area contributed by atoms with Gasteiger partial charge < -0.3 is 68.9 Å². The molecule has 304 valence electrons. The number of carbonyl (C=O) groups excluding carboxylic acids is 6. The highest BCUT2D eigenvalue weighted by atomic mass is 16.4. The molecule has 0 aromatic rings.